The summed E-state index contributed by atoms with van der Waals surface area (Å²) >= 11 is 0. The maximum atomic E-state index is 13.1. The Morgan fingerprint density at radius 2 is 1.88 bits per heavy atom. The molecule has 176 valence electrons. The van der Waals surface area contributed by atoms with Gasteiger partial charge in [0.25, 0.3) is 5.91 Å². The molecule has 0 atom stereocenters. The molecule has 0 spiro atoms. The van der Waals surface area contributed by atoms with Gasteiger partial charge < -0.3 is 16.0 Å². The monoisotopic (exact) mass is 460 g/mol. The van der Waals surface area contributed by atoms with Crippen molar-refractivity contribution in [2.75, 3.05) is 12.4 Å². The molecule has 1 aliphatic rings. The van der Waals surface area contributed by atoms with Crippen molar-refractivity contribution in [3.63, 3.8) is 0 Å². The molecule has 2 amide bonds. The van der Waals surface area contributed by atoms with Gasteiger partial charge in [0, 0.05) is 48.9 Å². The molecule has 0 aliphatic heterocycles. The second-order valence-corrected chi connectivity index (χ2v) is 8.83. The number of carbonyl (C=O) groups is 2. The smallest absolute Gasteiger partial charge is 0.255 e. The lowest BCUT2D eigenvalue weighted by Crippen LogP contribution is -2.40. The largest absolute Gasteiger partial charge is 0.382 e. The zero-order valence-corrected chi connectivity index (χ0v) is 19.5. The van der Waals surface area contributed by atoms with Crippen LogP contribution in [0.25, 0.3) is 16.9 Å². The Hall–Kier alpha value is -4.00. The molecule has 0 bridgehead atoms. The van der Waals surface area contributed by atoms with Gasteiger partial charge in [0.1, 0.15) is 6.07 Å². The van der Waals surface area contributed by atoms with Crippen molar-refractivity contribution in [3.05, 3.63) is 41.9 Å². The Morgan fingerprint density at radius 1 is 1.12 bits per heavy atom. The Balaban J connectivity index is 1.56. The minimum Gasteiger partial charge on any atom is -0.382 e. The number of carbonyl (C=O) groups excluding carboxylic acids is 2. The lowest BCUT2D eigenvalue weighted by atomic mass is 9.85. The highest BCUT2D eigenvalue weighted by molar-refractivity contribution is 5.99. The van der Waals surface area contributed by atoms with E-state index in [1.54, 1.807) is 36.3 Å². The number of hydrogen-bond acceptors (Lipinski definition) is 7. The maximum absolute atomic E-state index is 13.1. The number of rotatable bonds is 6. The first kappa shape index (κ1) is 23.2. The van der Waals surface area contributed by atoms with E-state index in [0.717, 1.165) is 31.1 Å². The van der Waals surface area contributed by atoms with E-state index in [1.807, 2.05) is 13.8 Å². The van der Waals surface area contributed by atoms with Gasteiger partial charge in [-0.15, -0.1) is 0 Å². The van der Waals surface area contributed by atoms with E-state index in [1.165, 1.54) is 6.20 Å². The van der Waals surface area contributed by atoms with Crippen LogP contribution in [0.4, 0.5) is 5.69 Å². The van der Waals surface area contributed by atoms with Gasteiger partial charge in [0.2, 0.25) is 5.91 Å². The second-order valence-electron chi connectivity index (χ2n) is 8.83. The van der Waals surface area contributed by atoms with E-state index >= 15 is 0 Å². The van der Waals surface area contributed by atoms with Crippen LogP contribution in [-0.2, 0) is 4.79 Å². The predicted molar refractivity (Wildman–Crippen MR) is 127 cm³/mol. The second kappa shape index (κ2) is 9.87. The fourth-order valence-corrected chi connectivity index (χ4v) is 4.29. The van der Waals surface area contributed by atoms with Crippen LogP contribution in [0.1, 0.15) is 55.5 Å². The third-order valence-electron chi connectivity index (χ3n) is 6.01. The van der Waals surface area contributed by atoms with Gasteiger partial charge in [-0.3, -0.25) is 9.59 Å². The van der Waals surface area contributed by atoms with Crippen LogP contribution in [-0.4, -0.2) is 50.7 Å². The van der Waals surface area contributed by atoms with Crippen molar-refractivity contribution in [1.82, 2.24) is 30.4 Å². The van der Waals surface area contributed by atoms with Gasteiger partial charge in [-0.1, -0.05) is 0 Å². The van der Waals surface area contributed by atoms with Gasteiger partial charge in [-0.2, -0.15) is 15.0 Å². The first-order valence-corrected chi connectivity index (χ1v) is 11.4. The fourth-order valence-electron chi connectivity index (χ4n) is 4.29. The number of pyridine rings is 2. The van der Waals surface area contributed by atoms with E-state index in [9.17, 15) is 9.59 Å². The number of nitrogens with zero attached hydrogens (tertiary/aromatic N) is 5. The predicted octanol–water partition coefficient (Wildman–Crippen LogP) is 2.54. The fraction of sp³-hybridized carbons (Fsp3) is 0.417. The van der Waals surface area contributed by atoms with Gasteiger partial charge >= 0.3 is 0 Å². The van der Waals surface area contributed by atoms with Gasteiger partial charge in [0.15, 0.2) is 11.5 Å². The number of anilines is 1. The Bertz CT molecular complexity index is 1250. The molecular weight excluding hydrogens is 432 g/mol. The summed E-state index contributed by atoms with van der Waals surface area (Å²) in [5, 5.41) is 23.4. The molecule has 1 saturated carbocycles. The Kier molecular flexibility index (Phi) is 6.72. The van der Waals surface area contributed by atoms with Crippen LogP contribution >= 0.6 is 0 Å². The summed E-state index contributed by atoms with van der Waals surface area (Å²) in [5.41, 5.74) is 2.13. The molecule has 0 radical (unpaired) electrons. The van der Waals surface area contributed by atoms with E-state index < -0.39 is 0 Å². The lowest BCUT2D eigenvalue weighted by molar-refractivity contribution is -0.125. The number of fused-ring (bicyclic) bond motifs is 1. The van der Waals surface area contributed by atoms with Crippen molar-refractivity contribution in [3.8, 4) is 11.9 Å². The zero-order valence-electron chi connectivity index (χ0n) is 19.5. The molecule has 1 fully saturated rings. The third-order valence-corrected chi connectivity index (χ3v) is 6.01. The minimum absolute atomic E-state index is 0.0130. The first-order chi connectivity index (χ1) is 16.4. The van der Waals surface area contributed by atoms with Crippen molar-refractivity contribution in [1.29, 1.82) is 5.26 Å². The maximum Gasteiger partial charge on any atom is 0.255 e. The van der Waals surface area contributed by atoms with Crippen LogP contribution in [0.15, 0.2) is 30.7 Å². The zero-order chi connectivity index (χ0) is 24.2. The molecule has 3 N–H and O–H groups in total. The van der Waals surface area contributed by atoms with E-state index in [0.29, 0.717) is 28.3 Å². The average molecular weight is 461 g/mol. The molecule has 4 rings (SSSR count). The lowest BCUT2D eigenvalue weighted by Gasteiger charge is -2.28. The summed E-state index contributed by atoms with van der Waals surface area (Å²) in [6, 6.07) is 5.69. The number of hydrogen-bond donors (Lipinski definition) is 3. The first-order valence-electron chi connectivity index (χ1n) is 11.4. The highest BCUT2D eigenvalue weighted by Crippen LogP contribution is 2.26. The number of aromatic nitrogens is 4. The van der Waals surface area contributed by atoms with Crippen LogP contribution < -0.4 is 16.0 Å². The average Bonchev–Trinajstić information content (AvgIpc) is 3.26. The minimum atomic E-state index is -0.201. The number of amides is 2. The highest BCUT2D eigenvalue weighted by Gasteiger charge is 2.27. The highest BCUT2D eigenvalue weighted by atomic mass is 16.2. The number of nitriles is 1. The molecule has 10 nitrogen and oxygen atoms in total. The molecule has 0 unspecified atom stereocenters. The molecule has 0 aromatic carbocycles. The molecule has 3 heterocycles. The molecule has 0 saturated heterocycles. The van der Waals surface area contributed by atoms with Crippen LogP contribution in [0, 0.1) is 17.2 Å². The Labute approximate surface area is 197 Å². The van der Waals surface area contributed by atoms with Gasteiger partial charge in [-0.25, -0.2) is 9.97 Å². The Morgan fingerprint density at radius 3 is 2.56 bits per heavy atom. The van der Waals surface area contributed by atoms with E-state index in [-0.39, 0.29) is 29.8 Å². The summed E-state index contributed by atoms with van der Waals surface area (Å²) in [7, 11) is 1.65. The van der Waals surface area contributed by atoms with Gasteiger partial charge in [0.05, 0.1) is 23.0 Å². The van der Waals surface area contributed by atoms with Crippen molar-refractivity contribution >= 4 is 28.5 Å². The number of nitrogens with one attached hydrogen (secondary N) is 3. The van der Waals surface area contributed by atoms with Crippen molar-refractivity contribution in [2.24, 2.45) is 5.92 Å². The van der Waals surface area contributed by atoms with Crippen LogP contribution in [0.5, 0.6) is 0 Å². The van der Waals surface area contributed by atoms with Crippen LogP contribution in [0.2, 0.25) is 0 Å². The standard InChI is InChI=1S/C24H28N8O2/c1-14(2)30-20-9-21(32-22-17(12-29-32)8-15(10-25)11-28-22)27-13-19(20)24(34)31-18-6-4-16(5-7-18)23(33)26-3/h8-9,11-14,16,18H,4-7H2,1-3H3,(H,26,33)(H,27,30)(H,31,34)/t16-,18-. The molecular formula is C24H28N8O2. The van der Waals surface area contributed by atoms with E-state index in [4.69, 9.17) is 5.26 Å². The molecule has 3 aromatic heterocycles. The van der Waals surface area contributed by atoms with Crippen molar-refractivity contribution < 1.29 is 9.59 Å². The van der Waals surface area contributed by atoms with Crippen LogP contribution in [0.3, 0.4) is 0 Å². The summed E-state index contributed by atoms with van der Waals surface area (Å²) in [6.07, 6.45) is 7.71. The van der Waals surface area contributed by atoms with Crippen molar-refractivity contribution in [2.45, 2.75) is 51.6 Å². The van der Waals surface area contributed by atoms with E-state index in [2.05, 4.69) is 37.1 Å². The normalized spacial score (nSPS) is 17.9. The molecule has 10 heteroatoms. The molecule has 1 aliphatic carbocycles. The summed E-state index contributed by atoms with van der Waals surface area (Å²) in [5.74, 6) is 0.391. The third kappa shape index (κ3) is 4.83. The topological polar surface area (TPSA) is 138 Å². The molecule has 3 aromatic rings. The SMILES string of the molecule is CNC(=O)[C@H]1CC[C@H](NC(=O)c2cnc(-n3ncc4cc(C#N)cnc43)cc2NC(C)C)CC1. The van der Waals surface area contributed by atoms with Gasteiger partial charge in [-0.05, 0) is 45.6 Å². The quantitative estimate of drug-likeness (QED) is 0.514. The summed E-state index contributed by atoms with van der Waals surface area (Å²) < 4.78 is 1.59. The summed E-state index contributed by atoms with van der Waals surface area (Å²) in [4.78, 5) is 33.8. The molecule has 34 heavy (non-hydrogen) atoms. The summed E-state index contributed by atoms with van der Waals surface area (Å²) in [6.45, 7) is 3.99.